The van der Waals surface area contributed by atoms with Crippen LogP contribution in [0, 0.1) is 23.2 Å². The first-order valence-electron chi connectivity index (χ1n) is 16.1. The molecule has 2 atom stereocenters. The van der Waals surface area contributed by atoms with Crippen LogP contribution < -0.4 is 10.6 Å². The van der Waals surface area contributed by atoms with Gasteiger partial charge in [0.1, 0.15) is 23.2 Å². The van der Waals surface area contributed by atoms with Crippen LogP contribution in [0.25, 0.3) is 39.5 Å². The van der Waals surface area contributed by atoms with E-state index in [1.54, 1.807) is 12.4 Å². The number of rotatable bonds is 6. The number of imidazole rings is 1. The molecule has 0 radical (unpaired) electrons. The molecule has 0 saturated carbocycles. The number of nitrogens with two attached hydrogens (primary N) is 1. The fraction of sp³-hybridized carbons (Fsp3) is 0.243. The summed E-state index contributed by atoms with van der Waals surface area (Å²) in [7, 11) is 0. The lowest BCUT2D eigenvalue weighted by Crippen LogP contribution is -2.29. The maximum Gasteiger partial charge on any atom is 0.234 e. The fourth-order valence-electron chi connectivity index (χ4n) is 6.75. The van der Waals surface area contributed by atoms with Gasteiger partial charge >= 0.3 is 0 Å². The number of aromatic nitrogens is 6. The minimum atomic E-state index is 0.224. The molecule has 2 aliphatic heterocycles. The summed E-state index contributed by atoms with van der Waals surface area (Å²) in [6, 6.07) is 30.7. The largest absolute Gasteiger partial charge is 0.383 e. The first-order valence-corrected chi connectivity index (χ1v) is 16.1. The molecular weight excluding hydrogens is 584 g/mol. The molecule has 10 heteroatoms. The van der Waals surface area contributed by atoms with Crippen LogP contribution in [0.1, 0.15) is 25.2 Å². The third kappa shape index (κ3) is 5.89. The van der Waals surface area contributed by atoms with Gasteiger partial charge < -0.3 is 10.6 Å². The van der Waals surface area contributed by atoms with Gasteiger partial charge in [0.25, 0.3) is 0 Å². The Kier molecular flexibility index (Phi) is 8.29. The number of hydrogen-bond donors (Lipinski definition) is 1. The summed E-state index contributed by atoms with van der Waals surface area (Å²) in [4.78, 5) is 27.6. The van der Waals surface area contributed by atoms with Gasteiger partial charge in [-0.2, -0.15) is 5.26 Å². The average molecular weight is 621 g/mol. The lowest BCUT2D eigenvalue weighted by atomic mass is 10.0. The van der Waals surface area contributed by atoms with Crippen molar-refractivity contribution in [3.05, 3.63) is 109 Å². The van der Waals surface area contributed by atoms with E-state index in [0.29, 0.717) is 23.5 Å². The van der Waals surface area contributed by atoms with Crippen molar-refractivity contribution in [1.82, 2.24) is 34.4 Å². The number of benzene rings is 2. The van der Waals surface area contributed by atoms with Crippen molar-refractivity contribution in [1.29, 1.82) is 5.26 Å². The minimum absolute atomic E-state index is 0.224. The summed E-state index contributed by atoms with van der Waals surface area (Å²) in [5.41, 5.74) is 12.8. The van der Waals surface area contributed by atoms with Gasteiger partial charge in [-0.25, -0.2) is 24.9 Å². The van der Waals surface area contributed by atoms with Crippen LogP contribution in [0.15, 0.2) is 97.3 Å². The van der Waals surface area contributed by atoms with E-state index in [2.05, 4.69) is 65.7 Å². The van der Waals surface area contributed by atoms with Gasteiger partial charge in [0.15, 0.2) is 11.5 Å². The highest BCUT2D eigenvalue weighted by atomic mass is 15.3. The Morgan fingerprint density at radius 3 is 2.28 bits per heavy atom. The van der Waals surface area contributed by atoms with Crippen molar-refractivity contribution in [3.8, 4) is 34.4 Å². The summed E-state index contributed by atoms with van der Waals surface area (Å²) in [5, 5.41) is 9.17. The average Bonchev–Trinajstić information content (AvgIpc) is 3.82. The van der Waals surface area contributed by atoms with Crippen molar-refractivity contribution < 1.29 is 0 Å². The van der Waals surface area contributed by atoms with Crippen LogP contribution in [-0.4, -0.2) is 60.6 Å². The molecular formula is C37H36N10. The molecule has 2 N–H and O–H groups in total. The van der Waals surface area contributed by atoms with Gasteiger partial charge in [-0.3, -0.25) is 9.47 Å². The molecule has 4 aromatic heterocycles. The smallest absolute Gasteiger partial charge is 0.234 e. The predicted molar refractivity (Wildman–Crippen MR) is 185 cm³/mol. The normalized spacial score (nSPS) is 17.3. The second kappa shape index (κ2) is 13.0. The Morgan fingerprint density at radius 2 is 1.55 bits per heavy atom. The van der Waals surface area contributed by atoms with E-state index in [0.717, 1.165) is 72.2 Å². The summed E-state index contributed by atoms with van der Waals surface area (Å²) in [6.07, 6.45) is 3.36. The maximum absolute atomic E-state index is 9.17. The molecule has 2 aromatic carbocycles. The molecule has 234 valence electrons. The number of anilines is 2. The quantitative estimate of drug-likeness (QED) is 0.239. The van der Waals surface area contributed by atoms with E-state index < -0.39 is 0 Å². The molecule has 8 rings (SSSR count). The SMILES string of the molecule is CC.N#Cc1nccc(N2CC3CN(Cc4ccc(-n5c(-c6cccnc6N)nc6ccc(-c7ccccc7)nc65)cc4)CC3C2)n1. The fourth-order valence-corrected chi connectivity index (χ4v) is 6.75. The molecule has 0 amide bonds. The van der Waals surface area contributed by atoms with E-state index in [9.17, 15) is 5.26 Å². The van der Waals surface area contributed by atoms with Gasteiger partial charge in [-0.15, -0.1) is 0 Å². The Balaban J connectivity index is 0.00000172. The summed E-state index contributed by atoms with van der Waals surface area (Å²) >= 11 is 0. The molecule has 2 saturated heterocycles. The van der Waals surface area contributed by atoms with Crippen molar-refractivity contribution in [3.63, 3.8) is 0 Å². The molecule has 47 heavy (non-hydrogen) atoms. The van der Waals surface area contributed by atoms with Crippen molar-refractivity contribution >= 4 is 22.8 Å². The second-order valence-electron chi connectivity index (χ2n) is 11.7. The number of pyridine rings is 2. The van der Waals surface area contributed by atoms with E-state index in [1.165, 1.54) is 5.56 Å². The summed E-state index contributed by atoms with van der Waals surface area (Å²) < 4.78 is 2.08. The zero-order chi connectivity index (χ0) is 32.3. The van der Waals surface area contributed by atoms with Crippen molar-refractivity contribution in [2.45, 2.75) is 20.4 Å². The zero-order valence-corrected chi connectivity index (χ0v) is 26.5. The lowest BCUT2D eigenvalue weighted by Gasteiger charge is -2.22. The van der Waals surface area contributed by atoms with Crippen LogP contribution in [0.2, 0.25) is 0 Å². The number of likely N-dealkylation sites (tertiary alicyclic amines) is 1. The van der Waals surface area contributed by atoms with Gasteiger partial charge in [0, 0.05) is 56.4 Å². The van der Waals surface area contributed by atoms with Crippen LogP contribution >= 0.6 is 0 Å². The highest BCUT2D eigenvalue weighted by Crippen LogP contribution is 2.35. The van der Waals surface area contributed by atoms with Gasteiger partial charge in [-0.1, -0.05) is 56.3 Å². The highest BCUT2D eigenvalue weighted by Gasteiger charge is 2.40. The molecule has 0 spiro atoms. The molecule has 6 aromatic rings. The first kappa shape index (κ1) is 30.0. The summed E-state index contributed by atoms with van der Waals surface area (Å²) in [6.45, 7) is 8.88. The standard InChI is InChI=1S/C35H30N10.C2H6/c36-17-31-38-16-14-32(42-31)44-21-25-19-43(20-26(25)22-44)18-23-8-10-27(11-9-23)45-34(28-7-4-15-39-33(28)37)41-30-13-12-29(40-35(30)45)24-5-2-1-3-6-24;1-2/h1-16,25-26H,18-22H2,(H2,37,39);1-2H3. The Hall–Kier alpha value is -5.66. The van der Waals surface area contributed by atoms with Crippen molar-refractivity contribution in [2.24, 2.45) is 11.8 Å². The molecule has 2 fully saturated rings. The van der Waals surface area contributed by atoms with E-state index >= 15 is 0 Å². The third-order valence-electron chi connectivity index (χ3n) is 8.88. The number of nitrogen functional groups attached to an aromatic ring is 1. The van der Waals surface area contributed by atoms with Gasteiger partial charge in [0.05, 0.1) is 11.3 Å². The highest BCUT2D eigenvalue weighted by molar-refractivity contribution is 5.84. The van der Waals surface area contributed by atoms with E-state index in [1.807, 2.05) is 68.4 Å². The molecule has 2 unspecified atom stereocenters. The second-order valence-corrected chi connectivity index (χ2v) is 11.7. The van der Waals surface area contributed by atoms with Crippen LogP contribution in [0.4, 0.5) is 11.6 Å². The Morgan fingerprint density at radius 1 is 0.787 bits per heavy atom. The predicted octanol–water partition coefficient (Wildman–Crippen LogP) is 5.99. The molecule has 6 heterocycles. The number of nitriles is 1. The Labute approximate surface area is 274 Å². The minimum Gasteiger partial charge on any atom is -0.383 e. The van der Waals surface area contributed by atoms with Crippen LogP contribution in [0.5, 0.6) is 0 Å². The first-order chi connectivity index (χ1) is 23.1. The summed E-state index contributed by atoms with van der Waals surface area (Å²) in [5.74, 6) is 3.38. The van der Waals surface area contributed by atoms with E-state index in [4.69, 9.17) is 15.7 Å². The van der Waals surface area contributed by atoms with Crippen LogP contribution in [0.3, 0.4) is 0 Å². The van der Waals surface area contributed by atoms with Gasteiger partial charge in [-0.05, 0) is 59.9 Å². The number of fused-ring (bicyclic) bond motifs is 2. The molecule has 0 aliphatic carbocycles. The molecule has 10 nitrogen and oxygen atoms in total. The lowest BCUT2D eigenvalue weighted by molar-refractivity contribution is 0.309. The number of hydrogen-bond acceptors (Lipinski definition) is 9. The van der Waals surface area contributed by atoms with E-state index in [-0.39, 0.29) is 5.82 Å². The number of nitrogens with zero attached hydrogens (tertiary/aromatic N) is 9. The Bertz CT molecular complexity index is 2030. The molecule has 2 aliphatic rings. The molecule has 0 bridgehead atoms. The maximum atomic E-state index is 9.17. The van der Waals surface area contributed by atoms with Crippen molar-refractivity contribution in [2.75, 3.05) is 36.8 Å². The zero-order valence-electron chi connectivity index (χ0n) is 26.5. The monoisotopic (exact) mass is 620 g/mol. The third-order valence-corrected chi connectivity index (χ3v) is 8.88. The van der Waals surface area contributed by atoms with Crippen LogP contribution in [-0.2, 0) is 6.54 Å². The topological polar surface area (TPSA) is 126 Å². The van der Waals surface area contributed by atoms with Gasteiger partial charge in [0.2, 0.25) is 5.82 Å².